The van der Waals surface area contributed by atoms with Crippen molar-refractivity contribution < 1.29 is 8.42 Å². The van der Waals surface area contributed by atoms with Crippen molar-refractivity contribution in [2.45, 2.75) is 25.1 Å². The maximum absolute atomic E-state index is 11.5. The Bertz CT molecular complexity index is 388. The molecule has 1 rings (SSSR count). The molecule has 0 fully saturated rings. The molecule has 0 saturated heterocycles. The second-order valence-electron chi connectivity index (χ2n) is 3.61. The highest BCUT2D eigenvalue weighted by molar-refractivity contribution is 7.90. The molecule has 0 aliphatic carbocycles. The van der Waals surface area contributed by atoms with E-state index in [1.54, 1.807) is 17.8 Å². The maximum atomic E-state index is 11.5. The highest BCUT2D eigenvalue weighted by atomic mass is 32.2. The Labute approximate surface area is 95.9 Å². The molecular weight excluding hydrogens is 228 g/mol. The van der Waals surface area contributed by atoms with Gasteiger partial charge in [0.1, 0.15) is 0 Å². The van der Waals surface area contributed by atoms with Crippen LogP contribution in [0.5, 0.6) is 0 Å². The molecule has 1 aromatic heterocycles. The van der Waals surface area contributed by atoms with Gasteiger partial charge >= 0.3 is 0 Å². The predicted molar refractivity (Wildman–Crippen MR) is 62.3 cm³/mol. The molecule has 6 nitrogen and oxygen atoms in total. The summed E-state index contributed by atoms with van der Waals surface area (Å²) in [5.74, 6) is 0. The number of nitrogens with one attached hydrogen (secondary N) is 1. The van der Waals surface area contributed by atoms with Crippen molar-refractivity contribution in [3.05, 3.63) is 18.5 Å². The van der Waals surface area contributed by atoms with Crippen LogP contribution in [0.25, 0.3) is 0 Å². The number of sulfonamides is 1. The normalized spacial score (nSPS) is 13.9. The van der Waals surface area contributed by atoms with E-state index in [0.29, 0.717) is 19.5 Å². The second kappa shape index (κ2) is 5.97. The summed E-state index contributed by atoms with van der Waals surface area (Å²) in [7, 11) is -3.26. The van der Waals surface area contributed by atoms with E-state index >= 15 is 0 Å². The lowest BCUT2D eigenvalue weighted by Crippen LogP contribution is -2.37. The van der Waals surface area contributed by atoms with Crippen molar-refractivity contribution in [3.8, 4) is 0 Å². The van der Waals surface area contributed by atoms with Gasteiger partial charge in [-0.1, -0.05) is 0 Å². The molecule has 1 aromatic rings. The Morgan fingerprint density at radius 2 is 2.31 bits per heavy atom. The molecule has 0 radical (unpaired) electrons. The molecule has 16 heavy (non-hydrogen) atoms. The van der Waals surface area contributed by atoms with Crippen LogP contribution in [0.1, 0.15) is 13.3 Å². The van der Waals surface area contributed by atoms with Gasteiger partial charge < -0.3 is 5.73 Å². The van der Waals surface area contributed by atoms with Crippen LogP contribution < -0.4 is 10.5 Å². The molecule has 7 heteroatoms. The smallest absolute Gasteiger partial charge is 0.215 e. The van der Waals surface area contributed by atoms with Crippen LogP contribution in [0.15, 0.2) is 18.5 Å². The molecule has 0 spiro atoms. The van der Waals surface area contributed by atoms with E-state index in [-0.39, 0.29) is 6.54 Å². The van der Waals surface area contributed by atoms with Crippen LogP contribution >= 0.6 is 0 Å². The average molecular weight is 246 g/mol. The van der Waals surface area contributed by atoms with Gasteiger partial charge in [0.25, 0.3) is 0 Å². The summed E-state index contributed by atoms with van der Waals surface area (Å²) in [6.07, 6.45) is 4.25. The highest BCUT2D eigenvalue weighted by Crippen LogP contribution is 1.96. The molecule has 0 amide bonds. The van der Waals surface area contributed by atoms with Crippen LogP contribution in [0.4, 0.5) is 0 Å². The minimum absolute atomic E-state index is 0.133. The first-order valence-corrected chi connectivity index (χ1v) is 6.77. The van der Waals surface area contributed by atoms with Gasteiger partial charge in [0.05, 0.1) is 5.25 Å². The Balaban J connectivity index is 2.25. The number of aryl methyl sites for hydroxylation is 1. The van der Waals surface area contributed by atoms with Gasteiger partial charge in [-0.3, -0.25) is 4.68 Å². The van der Waals surface area contributed by atoms with E-state index in [0.717, 1.165) is 0 Å². The molecule has 3 N–H and O–H groups in total. The first-order chi connectivity index (χ1) is 7.56. The van der Waals surface area contributed by atoms with Gasteiger partial charge in [-0.15, -0.1) is 0 Å². The zero-order valence-corrected chi connectivity index (χ0v) is 10.2. The lowest BCUT2D eigenvalue weighted by Gasteiger charge is -2.11. The van der Waals surface area contributed by atoms with Crippen LogP contribution in [0.2, 0.25) is 0 Å². The quantitative estimate of drug-likeness (QED) is 0.637. The molecule has 0 aliphatic rings. The zero-order chi connectivity index (χ0) is 12.0. The summed E-state index contributed by atoms with van der Waals surface area (Å²) in [6, 6.07) is 1.83. The monoisotopic (exact) mass is 246 g/mol. The molecule has 0 aliphatic heterocycles. The van der Waals surface area contributed by atoms with Crippen molar-refractivity contribution in [2.75, 3.05) is 13.1 Å². The number of hydrogen-bond acceptors (Lipinski definition) is 4. The summed E-state index contributed by atoms with van der Waals surface area (Å²) in [4.78, 5) is 0. The Morgan fingerprint density at radius 1 is 1.56 bits per heavy atom. The van der Waals surface area contributed by atoms with Crippen molar-refractivity contribution in [3.63, 3.8) is 0 Å². The molecule has 1 heterocycles. The van der Waals surface area contributed by atoms with Crippen molar-refractivity contribution >= 4 is 10.0 Å². The largest absolute Gasteiger partial charge is 0.329 e. The van der Waals surface area contributed by atoms with Crippen LogP contribution in [-0.2, 0) is 16.6 Å². The minimum atomic E-state index is -3.26. The average Bonchev–Trinajstić information content (AvgIpc) is 2.76. The Kier molecular flexibility index (Phi) is 4.91. The predicted octanol–water partition coefficient (Wildman–Crippen LogP) is -0.460. The first-order valence-electron chi connectivity index (χ1n) is 5.22. The van der Waals surface area contributed by atoms with Gasteiger partial charge in [0.2, 0.25) is 10.0 Å². The lowest BCUT2D eigenvalue weighted by atomic mass is 10.4. The molecular formula is C9H18N4O2S. The summed E-state index contributed by atoms with van der Waals surface area (Å²) >= 11 is 0. The SMILES string of the molecule is CC(CN)S(=O)(=O)NCCCn1cccn1. The van der Waals surface area contributed by atoms with Gasteiger partial charge in [-0.05, 0) is 19.4 Å². The summed E-state index contributed by atoms with van der Waals surface area (Å²) in [6.45, 7) is 2.84. The Hall–Kier alpha value is -0.920. The topological polar surface area (TPSA) is 90.0 Å². The number of rotatable bonds is 7. The maximum Gasteiger partial charge on any atom is 0.215 e. The van der Waals surface area contributed by atoms with Gasteiger partial charge in [-0.2, -0.15) is 5.10 Å². The standard InChI is InChI=1S/C9H18N4O2S/c1-9(8-10)16(14,15)12-5-3-7-13-6-2-4-11-13/h2,4,6,9,12H,3,5,7-8,10H2,1H3. The first kappa shape index (κ1) is 13.1. The van der Waals surface area contributed by atoms with E-state index in [9.17, 15) is 8.42 Å². The van der Waals surface area contributed by atoms with Crippen LogP contribution in [-0.4, -0.2) is 36.5 Å². The minimum Gasteiger partial charge on any atom is -0.329 e. The molecule has 0 saturated carbocycles. The lowest BCUT2D eigenvalue weighted by molar-refractivity contribution is 0.546. The third-order valence-corrected chi connectivity index (χ3v) is 4.15. The van der Waals surface area contributed by atoms with E-state index in [1.807, 2.05) is 12.3 Å². The summed E-state index contributed by atoms with van der Waals surface area (Å²) < 4.78 is 27.3. The van der Waals surface area contributed by atoms with Crippen molar-refractivity contribution in [2.24, 2.45) is 5.73 Å². The molecule has 92 valence electrons. The second-order valence-corrected chi connectivity index (χ2v) is 5.79. The fraction of sp³-hybridized carbons (Fsp3) is 0.667. The third kappa shape index (κ3) is 3.92. The van der Waals surface area contributed by atoms with E-state index in [2.05, 4.69) is 9.82 Å². The van der Waals surface area contributed by atoms with E-state index < -0.39 is 15.3 Å². The number of hydrogen-bond donors (Lipinski definition) is 2. The van der Waals surface area contributed by atoms with Gasteiger partial charge in [0.15, 0.2) is 0 Å². The third-order valence-electron chi connectivity index (χ3n) is 2.29. The van der Waals surface area contributed by atoms with Crippen molar-refractivity contribution in [1.82, 2.24) is 14.5 Å². The summed E-state index contributed by atoms with van der Waals surface area (Å²) in [5, 5.41) is 3.48. The van der Waals surface area contributed by atoms with E-state index in [4.69, 9.17) is 5.73 Å². The van der Waals surface area contributed by atoms with Crippen LogP contribution in [0, 0.1) is 0 Å². The van der Waals surface area contributed by atoms with E-state index in [1.165, 1.54) is 0 Å². The molecule has 1 unspecified atom stereocenters. The van der Waals surface area contributed by atoms with Crippen molar-refractivity contribution in [1.29, 1.82) is 0 Å². The highest BCUT2D eigenvalue weighted by Gasteiger charge is 2.17. The number of nitrogens with zero attached hydrogens (tertiary/aromatic N) is 2. The molecule has 1 atom stereocenters. The Morgan fingerprint density at radius 3 is 2.88 bits per heavy atom. The summed E-state index contributed by atoms with van der Waals surface area (Å²) in [5.41, 5.74) is 5.31. The fourth-order valence-corrected chi connectivity index (χ4v) is 2.12. The van der Waals surface area contributed by atoms with Gasteiger partial charge in [-0.25, -0.2) is 13.1 Å². The molecule has 0 aromatic carbocycles. The van der Waals surface area contributed by atoms with Gasteiger partial charge in [0, 0.05) is 32.0 Å². The number of aromatic nitrogens is 2. The fourth-order valence-electron chi connectivity index (χ4n) is 1.16. The number of nitrogens with two attached hydrogens (primary N) is 1. The zero-order valence-electron chi connectivity index (χ0n) is 9.33. The van der Waals surface area contributed by atoms with Crippen LogP contribution in [0.3, 0.4) is 0 Å². The molecule has 0 bridgehead atoms.